The third kappa shape index (κ3) is 3.39. The van der Waals surface area contributed by atoms with Gasteiger partial charge in [0.25, 0.3) is 0 Å². The molecule has 3 aromatic carbocycles. The molecule has 3 rings (SSSR count). The van der Waals surface area contributed by atoms with Crippen LogP contribution in [0.4, 0.5) is 5.69 Å². The van der Waals surface area contributed by atoms with E-state index in [1.807, 2.05) is 30.3 Å². The van der Waals surface area contributed by atoms with E-state index >= 15 is 0 Å². The monoisotopic (exact) mass is 349 g/mol. The number of nitro groups is 1. The first kappa shape index (κ1) is 17.2. The van der Waals surface area contributed by atoms with Crippen molar-refractivity contribution in [2.24, 2.45) is 0 Å². The molecule has 6 heteroatoms. The molecule has 6 nitrogen and oxygen atoms in total. The van der Waals surface area contributed by atoms with E-state index in [2.05, 4.69) is 0 Å². The summed E-state index contributed by atoms with van der Waals surface area (Å²) >= 11 is 0. The van der Waals surface area contributed by atoms with Crippen LogP contribution in [-0.2, 0) is 0 Å². The Morgan fingerprint density at radius 2 is 1.85 bits per heavy atom. The average Bonchev–Trinajstić information content (AvgIpc) is 2.66. The van der Waals surface area contributed by atoms with E-state index in [0.717, 1.165) is 10.8 Å². The zero-order chi connectivity index (χ0) is 18.7. The second-order valence-corrected chi connectivity index (χ2v) is 5.61. The number of ether oxygens (including phenoxy) is 1. The number of hydrogen-bond acceptors (Lipinski definition) is 5. The molecule has 0 spiro atoms. The van der Waals surface area contributed by atoms with E-state index in [4.69, 9.17) is 4.74 Å². The third-order valence-electron chi connectivity index (χ3n) is 3.95. The first-order valence-corrected chi connectivity index (χ1v) is 7.76. The second kappa shape index (κ2) is 7.06. The SMILES string of the molecule is COc1cc(/C=C/C(=O)c2ccc3ccccc3c2)cc([N+](=O)[O-])c1O. The molecule has 0 heterocycles. The van der Waals surface area contributed by atoms with Gasteiger partial charge in [0.1, 0.15) is 0 Å². The average molecular weight is 349 g/mol. The number of fused-ring (bicyclic) bond motifs is 1. The van der Waals surface area contributed by atoms with Crippen LogP contribution in [0.2, 0.25) is 0 Å². The van der Waals surface area contributed by atoms with Crippen molar-refractivity contribution in [2.45, 2.75) is 0 Å². The number of ketones is 1. The minimum atomic E-state index is -0.708. The molecule has 0 fully saturated rings. The Morgan fingerprint density at radius 3 is 2.54 bits per heavy atom. The van der Waals surface area contributed by atoms with Crippen LogP contribution in [0.15, 0.2) is 60.7 Å². The van der Waals surface area contributed by atoms with Gasteiger partial charge in [0.15, 0.2) is 11.5 Å². The highest BCUT2D eigenvalue weighted by Gasteiger charge is 2.19. The first-order valence-electron chi connectivity index (χ1n) is 7.76. The van der Waals surface area contributed by atoms with Gasteiger partial charge in [-0.05, 0) is 34.5 Å². The van der Waals surface area contributed by atoms with Gasteiger partial charge < -0.3 is 9.84 Å². The van der Waals surface area contributed by atoms with Gasteiger partial charge in [-0.15, -0.1) is 0 Å². The predicted molar refractivity (Wildman–Crippen MR) is 98.6 cm³/mol. The molecule has 0 aliphatic rings. The lowest BCUT2D eigenvalue weighted by molar-refractivity contribution is -0.386. The molecule has 0 aliphatic heterocycles. The highest BCUT2D eigenvalue weighted by molar-refractivity contribution is 6.08. The van der Waals surface area contributed by atoms with Crippen LogP contribution < -0.4 is 4.74 Å². The summed E-state index contributed by atoms with van der Waals surface area (Å²) in [5.74, 6) is -0.807. The van der Waals surface area contributed by atoms with Crippen LogP contribution >= 0.6 is 0 Å². The van der Waals surface area contributed by atoms with Crippen molar-refractivity contribution >= 4 is 28.3 Å². The van der Waals surface area contributed by atoms with Gasteiger partial charge in [0.05, 0.1) is 12.0 Å². The number of rotatable bonds is 5. The predicted octanol–water partition coefficient (Wildman–Crippen LogP) is 4.36. The van der Waals surface area contributed by atoms with E-state index in [9.17, 15) is 20.0 Å². The van der Waals surface area contributed by atoms with Gasteiger partial charge in [-0.1, -0.05) is 42.5 Å². The third-order valence-corrected chi connectivity index (χ3v) is 3.95. The molecule has 130 valence electrons. The van der Waals surface area contributed by atoms with Crippen LogP contribution in [0.25, 0.3) is 16.8 Å². The Kier molecular flexibility index (Phi) is 4.66. The van der Waals surface area contributed by atoms with Crippen LogP contribution in [0.1, 0.15) is 15.9 Å². The summed E-state index contributed by atoms with van der Waals surface area (Å²) in [5.41, 5.74) is 0.405. The zero-order valence-electron chi connectivity index (χ0n) is 13.9. The summed E-state index contributed by atoms with van der Waals surface area (Å²) in [7, 11) is 1.30. The molecule has 1 N–H and O–H groups in total. The number of nitrogens with zero attached hydrogens (tertiary/aromatic N) is 1. The van der Waals surface area contributed by atoms with Crippen LogP contribution in [0.5, 0.6) is 11.5 Å². The smallest absolute Gasteiger partial charge is 0.315 e. The second-order valence-electron chi connectivity index (χ2n) is 5.61. The number of aromatic hydroxyl groups is 1. The normalized spacial score (nSPS) is 11.0. The standard InChI is InChI=1S/C20H15NO5/c1-26-19-11-13(10-17(20(19)23)21(24)25)6-9-18(22)16-8-7-14-4-2-3-5-15(14)12-16/h2-12,23H,1H3/b9-6+. The van der Waals surface area contributed by atoms with Crippen molar-refractivity contribution in [3.8, 4) is 11.5 Å². The van der Waals surface area contributed by atoms with Crippen LogP contribution in [-0.4, -0.2) is 22.9 Å². The number of phenolic OH excluding ortho intramolecular Hbond substituents is 1. The highest BCUT2D eigenvalue weighted by Crippen LogP contribution is 2.37. The van der Waals surface area contributed by atoms with Crippen molar-refractivity contribution in [2.75, 3.05) is 7.11 Å². The molecule has 0 amide bonds. The van der Waals surface area contributed by atoms with Crippen molar-refractivity contribution in [1.82, 2.24) is 0 Å². The Morgan fingerprint density at radius 1 is 1.12 bits per heavy atom. The highest BCUT2D eigenvalue weighted by atomic mass is 16.6. The molecule has 0 atom stereocenters. The van der Waals surface area contributed by atoms with E-state index in [-0.39, 0.29) is 11.5 Å². The molecular weight excluding hydrogens is 334 g/mol. The molecule has 0 saturated heterocycles. The van der Waals surface area contributed by atoms with Gasteiger partial charge in [-0.25, -0.2) is 0 Å². The number of benzene rings is 3. The Bertz CT molecular complexity index is 1040. The lowest BCUT2D eigenvalue weighted by atomic mass is 10.0. The van der Waals surface area contributed by atoms with Crippen molar-refractivity contribution in [3.63, 3.8) is 0 Å². The van der Waals surface area contributed by atoms with Gasteiger partial charge in [-0.2, -0.15) is 0 Å². The number of carbonyl (C=O) groups is 1. The maximum Gasteiger partial charge on any atom is 0.315 e. The summed E-state index contributed by atoms with van der Waals surface area (Å²) in [6.07, 6.45) is 2.78. The van der Waals surface area contributed by atoms with Gasteiger partial charge in [0.2, 0.25) is 5.75 Å². The molecule has 0 aromatic heterocycles. The molecule has 26 heavy (non-hydrogen) atoms. The van der Waals surface area contributed by atoms with Gasteiger partial charge >= 0.3 is 5.69 Å². The summed E-state index contributed by atoms with van der Waals surface area (Å²) in [4.78, 5) is 22.7. The number of nitro benzene ring substituents is 1. The number of methoxy groups -OCH3 is 1. The van der Waals surface area contributed by atoms with Crippen LogP contribution in [0.3, 0.4) is 0 Å². The fourth-order valence-electron chi connectivity index (χ4n) is 2.62. The minimum Gasteiger partial charge on any atom is -0.500 e. The molecule has 0 radical (unpaired) electrons. The molecule has 0 aliphatic carbocycles. The summed E-state index contributed by atoms with van der Waals surface area (Å²) in [6.45, 7) is 0. The molecule has 3 aromatic rings. The number of carbonyl (C=O) groups excluding carboxylic acids is 1. The van der Waals surface area contributed by atoms with Crippen molar-refractivity contribution in [1.29, 1.82) is 0 Å². The Labute approximate surface area is 149 Å². The minimum absolute atomic E-state index is 0.0306. The fourth-order valence-corrected chi connectivity index (χ4v) is 2.62. The summed E-state index contributed by atoms with van der Waals surface area (Å²) in [6, 6.07) is 15.7. The van der Waals surface area contributed by atoms with Crippen LogP contribution in [0, 0.1) is 10.1 Å². The number of hydrogen-bond donors (Lipinski definition) is 1. The number of phenols is 1. The quantitative estimate of drug-likeness (QED) is 0.320. The van der Waals surface area contributed by atoms with Gasteiger partial charge in [-0.3, -0.25) is 14.9 Å². The lowest BCUT2D eigenvalue weighted by Gasteiger charge is -2.05. The Hall–Kier alpha value is -3.67. The molecule has 0 unspecified atom stereocenters. The maximum absolute atomic E-state index is 12.4. The van der Waals surface area contributed by atoms with E-state index in [1.54, 1.807) is 12.1 Å². The van der Waals surface area contributed by atoms with Crippen molar-refractivity contribution < 1.29 is 19.6 Å². The zero-order valence-corrected chi connectivity index (χ0v) is 13.9. The van der Waals surface area contributed by atoms with Crippen molar-refractivity contribution in [3.05, 3.63) is 81.9 Å². The Balaban J connectivity index is 1.92. The summed E-state index contributed by atoms with van der Waals surface area (Å²) < 4.78 is 4.94. The number of allylic oxidation sites excluding steroid dienone is 1. The topological polar surface area (TPSA) is 89.7 Å². The maximum atomic E-state index is 12.4. The molecule has 0 bridgehead atoms. The van der Waals surface area contributed by atoms with E-state index in [0.29, 0.717) is 11.1 Å². The van der Waals surface area contributed by atoms with E-state index in [1.165, 1.54) is 31.4 Å². The summed E-state index contributed by atoms with van der Waals surface area (Å²) in [5, 5.41) is 22.8. The van der Waals surface area contributed by atoms with E-state index < -0.39 is 16.4 Å². The van der Waals surface area contributed by atoms with Gasteiger partial charge in [0, 0.05) is 11.6 Å². The largest absolute Gasteiger partial charge is 0.500 e. The fraction of sp³-hybridized carbons (Fsp3) is 0.0500. The molecule has 0 saturated carbocycles. The lowest BCUT2D eigenvalue weighted by Crippen LogP contribution is -1.95. The molecular formula is C20H15NO5. The first-order chi connectivity index (χ1) is 12.5.